The Morgan fingerprint density at radius 3 is 2.63 bits per heavy atom. The smallest absolute Gasteiger partial charge is 0.311 e. The van der Waals surface area contributed by atoms with E-state index in [2.05, 4.69) is 12.6 Å². The van der Waals surface area contributed by atoms with Crippen LogP contribution in [-0.4, -0.2) is 18.2 Å². The second-order valence-electron chi connectivity index (χ2n) is 4.42. The van der Waals surface area contributed by atoms with Crippen molar-refractivity contribution in [2.45, 2.75) is 12.6 Å². The Morgan fingerprint density at radius 2 is 2.11 bits per heavy atom. The predicted molar refractivity (Wildman–Crippen MR) is 70.8 cm³/mol. The number of nitrogens with zero attached hydrogens (tertiary/aromatic N) is 1. The maximum absolute atomic E-state index is 12.9. The topological polar surface area (TPSA) is 20.3 Å². The van der Waals surface area contributed by atoms with Crippen LogP contribution in [0.2, 0.25) is 5.02 Å². The summed E-state index contributed by atoms with van der Waals surface area (Å²) in [6, 6.07) is 3.26. The fourth-order valence-electron chi connectivity index (χ4n) is 2.10. The van der Waals surface area contributed by atoms with Gasteiger partial charge in [-0.3, -0.25) is 4.79 Å². The minimum Gasteiger partial charge on any atom is -0.311 e. The zero-order valence-electron chi connectivity index (χ0n) is 9.75. The summed E-state index contributed by atoms with van der Waals surface area (Å²) in [5, 5.41) is 0.171. The lowest BCUT2D eigenvalue weighted by atomic mass is 10.1. The minimum absolute atomic E-state index is 0.0316. The molecule has 0 N–H and O–H groups in total. The van der Waals surface area contributed by atoms with Crippen LogP contribution < -0.4 is 4.90 Å². The SMILES string of the molecule is O=C1CC(CS)CN1c1cc(Cl)ccc1C(F)(F)F. The molecule has 0 aliphatic carbocycles. The molecule has 19 heavy (non-hydrogen) atoms. The van der Waals surface area contributed by atoms with Crippen LogP contribution in [0.3, 0.4) is 0 Å². The molecular formula is C12H11ClF3NOS. The van der Waals surface area contributed by atoms with Gasteiger partial charge in [-0.05, 0) is 29.9 Å². The first-order valence-corrected chi connectivity index (χ1v) is 6.62. The number of halogens is 4. The summed E-state index contributed by atoms with van der Waals surface area (Å²) in [6.07, 6.45) is -4.30. The number of benzene rings is 1. The molecule has 2 nitrogen and oxygen atoms in total. The Morgan fingerprint density at radius 1 is 1.42 bits per heavy atom. The van der Waals surface area contributed by atoms with E-state index < -0.39 is 11.7 Å². The third-order valence-corrected chi connectivity index (χ3v) is 3.77. The standard InChI is InChI=1S/C12H11ClF3NOS/c13-8-1-2-9(12(14,15)16)10(4-8)17-5-7(6-19)3-11(17)18/h1-2,4,7,19H,3,5-6H2. The molecule has 1 atom stereocenters. The van der Waals surface area contributed by atoms with E-state index in [0.29, 0.717) is 5.75 Å². The van der Waals surface area contributed by atoms with Crippen molar-refractivity contribution in [2.75, 3.05) is 17.2 Å². The zero-order chi connectivity index (χ0) is 14.2. The number of hydrogen-bond acceptors (Lipinski definition) is 2. The fraction of sp³-hybridized carbons (Fsp3) is 0.417. The van der Waals surface area contributed by atoms with E-state index >= 15 is 0 Å². The largest absolute Gasteiger partial charge is 0.418 e. The molecule has 7 heteroatoms. The highest BCUT2D eigenvalue weighted by Gasteiger charge is 2.38. The number of carbonyl (C=O) groups excluding carboxylic acids is 1. The second-order valence-corrected chi connectivity index (χ2v) is 5.22. The van der Waals surface area contributed by atoms with Crippen molar-refractivity contribution in [1.29, 1.82) is 0 Å². The van der Waals surface area contributed by atoms with Gasteiger partial charge in [-0.2, -0.15) is 25.8 Å². The average molecular weight is 310 g/mol. The summed E-state index contributed by atoms with van der Waals surface area (Å²) in [4.78, 5) is 13.0. The summed E-state index contributed by atoms with van der Waals surface area (Å²) < 4.78 is 38.8. The van der Waals surface area contributed by atoms with E-state index in [4.69, 9.17) is 11.6 Å². The summed E-state index contributed by atoms with van der Waals surface area (Å²) >= 11 is 9.83. The molecule has 0 spiro atoms. The fourth-order valence-corrected chi connectivity index (χ4v) is 2.52. The number of alkyl halides is 3. The highest BCUT2D eigenvalue weighted by atomic mass is 35.5. The van der Waals surface area contributed by atoms with Crippen molar-refractivity contribution in [3.63, 3.8) is 0 Å². The van der Waals surface area contributed by atoms with Crippen LogP contribution >= 0.6 is 24.2 Å². The molecule has 0 saturated carbocycles. The zero-order valence-corrected chi connectivity index (χ0v) is 11.4. The van der Waals surface area contributed by atoms with Gasteiger partial charge in [0, 0.05) is 18.0 Å². The molecule has 1 aliphatic heterocycles. The number of rotatable bonds is 2. The number of amides is 1. The maximum atomic E-state index is 12.9. The van der Waals surface area contributed by atoms with Gasteiger partial charge in [0.2, 0.25) is 5.91 Å². The van der Waals surface area contributed by atoms with Crippen molar-refractivity contribution in [2.24, 2.45) is 5.92 Å². The van der Waals surface area contributed by atoms with Crippen molar-refractivity contribution < 1.29 is 18.0 Å². The summed E-state index contributed by atoms with van der Waals surface area (Å²) in [6.45, 7) is 0.242. The van der Waals surface area contributed by atoms with E-state index in [0.717, 1.165) is 11.0 Å². The van der Waals surface area contributed by atoms with Crippen LogP contribution in [0.4, 0.5) is 18.9 Å². The van der Waals surface area contributed by atoms with E-state index in [1.54, 1.807) is 0 Å². The number of carbonyl (C=O) groups is 1. The van der Waals surface area contributed by atoms with Gasteiger partial charge >= 0.3 is 6.18 Å². The van der Waals surface area contributed by atoms with Crippen molar-refractivity contribution in [3.05, 3.63) is 28.8 Å². The molecule has 1 aromatic carbocycles. The Bertz CT molecular complexity index is 506. The first-order valence-electron chi connectivity index (χ1n) is 5.61. The first-order chi connectivity index (χ1) is 8.82. The van der Waals surface area contributed by atoms with Crippen LogP contribution in [0.5, 0.6) is 0 Å². The van der Waals surface area contributed by atoms with Crippen molar-refractivity contribution in [1.82, 2.24) is 0 Å². The van der Waals surface area contributed by atoms with E-state index in [1.807, 2.05) is 0 Å². The van der Waals surface area contributed by atoms with Gasteiger partial charge in [0.15, 0.2) is 0 Å². The molecule has 1 saturated heterocycles. The molecule has 1 aromatic rings. The van der Waals surface area contributed by atoms with Gasteiger partial charge < -0.3 is 4.90 Å². The van der Waals surface area contributed by atoms with Crippen molar-refractivity contribution in [3.8, 4) is 0 Å². The van der Waals surface area contributed by atoms with Crippen LogP contribution in [0.1, 0.15) is 12.0 Å². The highest BCUT2D eigenvalue weighted by molar-refractivity contribution is 7.80. The van der Waals surface area contributed by atoms with E-state index in [-0.39, 0.29) is 35.5 Å². The molecule has 1 amide bonds. The van der Waals surface area contributed by atoms with Crippen LogP contribution in [0, 0.1) is 5.92 Å². The molecule has 1 aliphatic rings. The quantitative estimate of drug-likeness (QED) is 0.827. The average Bonchev–Trinajstić information content (AvgIpc) is 2.68. The molecule has 1 heterocycles. The summed E-state index contributed by atoms with van der Waals surface area (Å²) in [5.41, 5.74) is -1.01. The van der Waals surface area contributed by atoms with Crippen LogP contribution in [-0.2, 0) is 11.0 Å². The van der Waals surface area contributed by atoms with Crippen LogP contribution in [0.25, 0.3) is 0 Å². The first kappa shape index (κ1) is 14.5. The van der Waals surface area contributed by atoms with Crippen LogP contribution in [0.15, 0.2) is 18.2 Å². The molecule has 0 radical (unpaired) electrons. The molecule has 104 valence electrons. The predicted octanol–water partition coefficient (Wildman–Crippen LogP) is 3.64. The van der Waals surface area contributed by atoms with E-state index in [9.17, 15) is 18.0 Å². The molecular weight excluding hydrogens is 299 g/mol. The maximum Gasteiger partial charge on any atom is 0.418 e. The third-order valence-electron chi connectivity index (χ3n) is 3.02. The van der Waals surface area contributed by atoms with Gasteiger partial charge in [0.1, 0.15) is 0 Å². The second kappa shape index (κ2) is 5.25. The summed E-state index contributed by atoms with van der Waals surface area (Å²) in [7, 11) is 0. The Balaban J connectivity index is 2.44. The van der Waals surface area contributed by atoms with E-state index in [1.165, 1.54) is 12.1 Å². The number of thiol groups is 1. The van der Waals surface area contributed by atoms with Crippen molar-refractivity contribution >= 4 is 35.8 Å². The summed E-state index contributed by atoms with van der Waals surface area (Å²) in [5.74, 6) is 0.104. The minimum atomic E-state index is -4.51. The van der Waals surface area contributed by atoms with Gasteiger partial charge in [0.25, 0.3) is 0 Å². The van der Waals surface area contributed by atoms with Gasteiger partial charge in [-0.25, -0.2) is 0 Å². The molecule has 0 bridgehead atoms. The lowest BCUT2D eigenvalue weighted by molar-refractivity contribution is -0.137. The lowest BCUT2D eigenvalue weighted by Gasteiger charge is -2.21. The van der Waals surface area contributed by atoms with Gasteiger partial charge in [-0.15, -0.1) is 0 Å². The monoisotopic (exact) mass is 309 g/mol. The highest BCUT2D eigenvalue weighted by Crippen LogP contribution is 2.40. The number of anilines is 1. The lowest BCUT2D eigenvalue weighted by Crippen LogP contribution is -2.27. The molecule has 2 rings (SSSR count). The number of hydrogen-bond donors (Lipinski definition) is 1. The Kier molecular flexibility index (Phi) is 4.01. The molecule has 1 unspecified atom stereocenters. The van der Waals surface area contributed by atoms with Gasteiger partial charge in [-0.1, -0.05) is 11.6 Å². The Labute approximate surface area is 118 Å². The third kappa shape index (κ3) is 3.00. The molecule has 1 fully saturated rings. The van der Waals surface area contributed by atoms with Gasteiger partial charge in [0.05, 0.1) is 11.3 Å². The Hall–Kier alpha value is -0.880. The molecule has 0 aromatic heterocycles. The normalized spacial score (nSPS) is 20.2.